The summed E-state index contributed by atoms with van der Waals surface area (Å²) in [4.78, 5) is 17.6. The van der Waals surface area contributed by atoms with Crippen LogP contribution in [0.2, 0.25) is 0 Å². The maximum atomic E-state index is 12.3. The average Bonchev–Trinajstić information content (AvgIpc) is 2.47. The fourth-order valence-electron chi connectivity index (χ4n) is 2.27. The number of hydrogen-bond acceptors (Lipinski definition) is 3. The van der Waals surface area contributed by atoms with Crippen LogP contribution in [0.5, 0.6) is 0 Å². The van der Waals surface area contributed by atoms with Gasteiger partial charge in [-0.2, -0.15) is 0 Å². The molecule has 1 aromatic heterocycles. The van der Waals surface area contributed by atoms with Crippen molar-refractivity contribution in [3.8, 4) is 0 Å². The number of nitrogens with zero attached hydrogens (tertiary/aromatic N) is 1. The molecule has 102 valence electrons. The van der Waals surface area contributed by atoms with Gasteiger partial charge in [-0.1, -0.05) is 18.2 Å². The van der Waals surface area contributed by atoms with Gasteiger partial charge in [0.2, 0.25) is 0 Å². The van der Waals surface area contributed by atoms with Crippen molar-refractivity contribution in [2.24, 2.45) is 0 Å². The largest absolute Gasteiger partial charge is 0.345 e. The molecule has 2 aromatic rings. The van der Waals surface area contributed by atoms with E-state index in [1.54, 1.807) is 18.5 Å². The number of rotatable bonds is 2. The first-order valence-corrected chi connectivity index (χ1v) is 8.15. The standard InChI is InChI=1S/C15H13BrN2OS/c16-11-7-10(8-17-9-11)15(19)18-13-5-6-20-14-4-2-1-3-12(13)14/h1-4,7-9,13H,5-6H2,(H,18,19). The Balaban J connectivity index is 1.81. The zero-order valence-corrected chi connectivity index (χ0v) is 13.1. The smallest absolute Gasteiger partial charge is 0.253 e. The van der Waals surface area contributed by atoms with Crippen LogP contribution in [0.3, 0.4) is 0 Å². The quantitative estimate of drug-likeness (QED) is 0.897. The Morgan fingerprint density at radius 3 is 3.05 bits per heavy atom. The van der Waals surface area contributed by atoms with Gasteiger partial charge >= 0.3 is 0 Å². The van der Waals surface area contributed by atoms with E-state index in [0.717, 1.165) is 16.6 Å². The minimum Gasteiger partial charge on any atom is -0.345 e. The Labute approximate surface area is 130 Å². The lowest BCUT2D eigenvalue weighted by atomic mass is 10.0. The Bertz CT molecular complexity index is 647. The average molecular weight is 349 g/mol. The van der Waals surface area contributed by atoms with E-state index >= 15 is 0 Å². The van der Waals surface area contributed by atoms with Gasteiger partial charge < -0.3 is 5.32 Å². The maximum absolute atomic E-state index is 12.3. The van der Waals surface area contributed by atoms with Gasteiger partial charge in [-0.05, 0) is 40.0 Å². The third-order valence-corrected chi connectivity index (χ3v) is 4.79. The molecule has 0 bridgehead atoms. The molecule has 0 fully saturated rings. The van der Waals surface area contributed by atoms with Gasteiger partial charge in [-0.3, -0.25) is 9.78 Å². The predicted octanol–water partition coefficient (Wildman–Crippen LogP) is 3.81. The van der Waals surface area contributed by atoms with E-state index in [1.165, 1.54) is 10.5 Å². The summed E-state index contributed by atoms with van der Waals surface area (Å²) in [7, 11) is 0. The van der Waals surface area contributed by atoms with Crippen LogP contribution in [-0.2, 0) is 0 Å². The number of thioether (sulfide) groups is 1. The molecule has 3 rings (SSSR count). The molecule has 2 heterocycles. The second kappa shape index (κ2) is 5.97. The van der Waals surface area contributed by atoms with Crippen LogP contribution in [0.15, 0.2) is 52.1 Å². The number of halogens is 1. The first kappa shape index (κ1) is 13.6. The topological polar surface area (TPSA) is 42.0 Å². The molecule has 3 nitrogen and oxygen atoms in total. The van der Waals surface area contributed by atoms with Crippen molar-refractivity contribution in [1.29, 1.82) is 0 Å². The van der Waals surface area contributed by atoms with Crippen molar-refractivity contribution in [3.63, 3.8) is 0 Å². The van der Waals surface area contributed by atoms with E-state index in [2.05, 4.69) is 38.4 Å². The molecule has 1 unspecified atom stereocenters. The van der Waals surface area contributed by atoms with Crippen molar-refractivity contribution in [2.45, 2.75) is 17.4 Å². The Morgan fingerprint density at radius 2 is 2.20 bits per heavy atom. The Hall–Kier alpha value is -1.33. The molecule has 1 aliphatic heterocycles. The van der Waals surface area contributed by atoms with Crippen molar-refractivity contribution >= 4 is 33.6 Å². The van der Waals surface area contributed by atoms with Gasteiger partial charge in [0.1, 0.15) is 0 Å². The summed E-state index contributed by atoms with van der Waals surface area (Å²) >= 11 is 5.18. The lowest BCUT2D eigenvalue weighted by molar-refractivity contribution is 0.0934. The number of pyridine rings is 1. The van der Waals surface area contributed by atoms with E-state index < -0.39 is 0 Å². The lowest BCUT2D eigenvalue weighted by Gasteiger charge is -2.25. The number of fused-ring (bicyclic) bond motifs is 1. The summed E-state index contributed by atoms with van der Waals surface area (Å²) in [5, 5.41) is 3.11. The molecular weight excluding hydrogens is 336 g/mol. The lowest BCUT2D eigenvalue weighted by Crippen LogP contribution is -2.30. The third kappa shape index (κ3) is 2.88. The SMILES string of the molecule is O=C(NC1CCSc2ccccc21)c1cncc(Br)c1. The van der Waals surface area contributed by atoms with Gasteiger partial charge in [-0.15, -0.1) is 11.8 Å². The number of amides is 1. The zero-order chi connectivity index (χ0) is 13.9. The van der Waals surface area contributed by atoms with Crippen LogP contribution in [-0.4, -0.2) is 16.6 Å². The fourth-order valence-corrected chi connectivity index (χ4v) is 3.76. The molecular formula is C15H13BrN2OS. The summed E-state index contributed by atoms with van der Waals surface area (Å²) in [6, 6.07) is 10.1. The second-order valence-corrected chi connectivity index (χ2v) is 6.65. The normalized spacial score (nSPS) is 17.4. The van der Waals surface area contributed by atoms with Crippen molar-refractivity contribution in [3.05, 3.63) is 58.3 Å². The number of nitrogens with one attached hydrogen (secondary N) is 1. The summed E-state index contributed by atoms with van der Waals surface area (Å²) in [5.41, 5.74) is 1.79. The first-order valence-electron chi connectivity index (χ1n) is 6.37. The zero-order valence-electron chi connectivity index (χ0n) is 10.7. The van der Waals surface area contributed by atoms with E-state index in [0.29, 0.717) is 5.56 Å². The summed E-state index contributed by atoms with van der Waals surface area (Å²) in [6.45, 7) is 0. The molecule has 1 aliphatic rings. The highest BCUT2D eigenvalue weighted by Gasteiger charge is 2.22. The summed E-state index contributed by atoms with van der Waals surface area (Å²) in [5.74, 6) is 0.948. The van der Waals surface area contributed by atoms with Crippen LogP contribution >= 0.6 is 27.7 Å². The van der Waals surface area contributed by atoms with Crippen molar-refractivity contribution < 1.29 is 4.79 Å². The number of carbonyl (C=O) groups excluding carboxylic acids is 1. The highest BCUT2D eigenvalue weighted by atomic mass is 79.9. The molecule has 0 spiro atoms. The van der Waals surface area contributed by atoms with Gasteiger partial charge in [0.05, 0.1) is 11.6 Å². The molecule has 20 heavy (non-hydrogen) atoms. The monoisotopic (exact) mass is 348 g/mol. The summed E-state index contributed by atoms with van der Waals surface area (Å²) in [6.07, 6.45) is 4.21. The molecule has 1 amide bonds. The van der Waals surface area contributed by atoms with E-state index in [1.807, 2.05) is 23.9 Å². The minimum atomic E-state index is -0.0782. The fraction of sp³-hybridized carbons (Fsp3) is 0.200. The number of hydrogen-bond donors (Lipinski definition) is 1. The van der Waals surface area contributed by atoms with E-state index in [4.69, 9.17) is 0 Å². The first-order chi connectivity index (χ1) is 9.74. The molecule has 1 atom stereocenters. The Kier molecular flexibility index (Phi) is 4.08. The van der Waals surface area contributed by atoms with Crippen molar-refractivity contribution in [2.75, 3.05) is 5.75 Å². The number of benzene rings is 1. The maximum Gasteiger partial charge on any atom is 0.253 e. The highest BCUT2D eigenvalue weighted by molar-refractivity contribution is 9.10. The number of carbonyl (C=O) groups is 1. The second-order valence-electron chi connectivity index (χ2n) is 4.59. The van der Waals surface area contributed by atoms with Crippen molar-refractivity contribution in [1.82, 2.24) is 10.3 Å². The van der Waals surface area contributed by atoms with Gasteiger partial charge in [0.15, 0.2) is 0 Å². The minimum absolute atomic E-state index is 0.0782. The van der Waals surface area contributed by atoms with Gasteiger partial charge in [-0.25, -0.2) is 0 Å². The molecule has 1 aromatic carbocycles. The van der Waals surface area contributed by atoms with Crippen LogP contribution in [0.4, 0.5) is 0 Å². The van der Waals surface area contributed by atoms with Crippen LogP contribution in [0.1, 0.15) is 28.4 Å². The van der Waals surface area contributed by atoms with Gasteiger partial charge in [0.25, 0.3) is 5.91 Å². The highest BCUT2D eigenvalue weighted by Crippen LogP contribution is 2.35. The predicted molar refractivity (Wildman–Crippen MR) is 83.9 cm³/mol. The van der Waals surface area contributed by atoms with Crippen LogP contribution in [0.25, 0.3) is 0 Å². The molecule has 0 radical (unpaired) electrons. The van der Waals surface area contributed by atoms with Crippen LogP contribution < -0.4 is 5.32 Å². The summed E-state index contributed by atoms with van der Waals surface area (Å²) < 4.78 is 0.810. The van der Waals surface area contributed by atoms with Crippen LogP contribution in [0, 0.1) is 0 Å². The molecule has 0 aliphatic carbocycles. The van der Waals surface area contributed by atoms with E-state index in [9.17, 15) is 4.79 Å². The van der Waals surface area contributed by atoms with E-state index in [-0.39, 0.29) is 11.9 Å². The van der Waals surface area contributed by atoms with Gasteiger partial charge in [0, 0.05) is 27.5 Å². The molecule has 1 N–H and O–H groups in total. The third-order valence-electron chi connectivity index (χ3n) is 3.23. The molecule has 0 saturated carbocycles. The molecule has 5 heteroatoms. The number of aromatic nitrogens is 1. The Morgan fingerprint density at radius 1 is 1.35 bits per heavy atom. The molecule has 0 saturated heterocycles.